The highest BCUT2D eigenvalue weighted by Gasteiger charge is 2.22. The minimum atomic E-state index is -3.69. The fourth-order valence-corrected chi connectivity index (χ4v) is 2.41. The first-order valence-corrected chi connectivity index (χ1v) is 8.72. The molecule has 1 aromatic heterocycles. The molecule has 2 rings (SSSR count). The molecule has 1 heterocycles. The summed E-state index contributed by atoms with van der Waals surface area (Å²) in [6.45, 7) is 3.54. The number of benzene rings is 1. The summed E-state index contributed by atoms with van der Waals surface area (Å²) in [4.78, 5) is 19.9. The standard InChI is InChI=1S/C15H16FN3O3S/c1-9(2)18-14(20)11-8-17-15(23(3,21)22)19-13(11)10-6-4-5-7-12(10)16/h4-9H,1-3H3,(H,18,20). The monoisotopic (exact) mass is 337 g/mol. The molecule has 1 N–H and O–H groups in total. The molecule has 0 saturated carbocycles. The number of hydrogen-bond acceptors (Lipinski definition) is 5. The number of nitrogens with zero attached hydrogens (tertiary/aromatic N) is 2. The van der Waals surface area contributed by atoms with E-state index in [2.05, 4.69) is 15.3 Å². The van der Waals surface area contributed by atoms with Gasteiger partial charge < -0.3 is 5.32 Å². The Kier molecular flexibility index (Phi) is 4.74. The molecule has 23 heavy (non-hydrogen) atoms. The summed E-state index contributed by atoms with van der Waals surface area (Å²) in [5.74, 6) is -1.11. The number of hydrogen-bond donors (Lipinski definition) is 1. The van der Waals surface area contributed by atoms with Gasteiger partial charge in [-0.05, 0) is 26.0 Å². The third-order valence-corrected chi connectivity index (χ3v) is 3.75. The van der Waals surface area contributed by atoms with Crippen LogP contribution in [0.25, 0.3) is 11.3 Å². The summed E-state index contributed by atoms with van der Waals surface area (Å²) in [5, 5.41) is 2.19. The van der Waals surface area contributed by atoms with E-state index in [1.807, 2.05) is 0 Å². The fraction of sp³-hybridized carbons (Fsp3) is 0.267. The van der Waals surface area contributed by atoms with Crippen molar-refractivity contribution in [3.63, 3.8) is 0 Å². The maximum absolute atomic E-state index is 14.1. The summed E-state index contributed by atoms with van der Waals surface area (Å²) in [7, 11) is -3.69. The van der Waals surface area contributed by atoms with Crippen molar-refractivity contribution >= 4 is 15.7 Å². The van der Waals surface area contributed by atoms with Crippen LogP contribution >= 0.6 is 0 Å². The van der Waals surface area contributed by atoms with Crippen molar-refractivity contribution in [1.29, 1.82) is 0 Å². The SMILES string of the molecule is CC(C)NC(=O)c1cnc(S(C)(=O)=O)nc1-c1ccccc1F. The molecule has 6 nitrogen and oxygen atoms in total. The molecule has 2 aromatic rings. The Morgan fingerprint density at radius 2 is 1.91 bits per heavy atom. The molecular formula is C15H16FN3O3S. The molecule has 0 fully saturated rings. The van der Waals surface area contributed by atoms with E-state index in [0.717, 1.165) is 12.5 Å². The number of rotatable bonds is 4. The fourth-order valence-electron chi connectivity index (χ4n) is 1.91. The van der Waals surface area contributed by atoms with Gasteiger partial charge in [-0.15, -0.1) is 0 Å². The van der Waals surface area contributed by atoms with Crippen LogP contribution in [0.5, 0.6) is 0 Å². The third-order valence-electron chi connectivity index (χ3n) is 2.89. The van der Waals surface area contributed by atoms with Crippen LogP contribution in [0.4, 0.5) is 4.39 Å². The Morgan fingerprint density at radius 3 is 2.48 bits per heavy atom. The zero-order valence-corrected chi connectivity index (χ0v) is 13.7. The minimum Gasteiger partial charge on any atom is -0.350 e. The maximum Gasteiger partial charge on any atom is 0.255 e. The molecule has 122 valence electrons. The second-order valence-electron chi connectivity index (χ2n) is 5.30. The number of sulfone groups is 1. The average molecular weight is 337 g/mol. The van der Waals surface area contributed by atoms with Crippen LogP contribution in [-0.4, -0.2) is 36.6 Å². The predicted octanol–water partition coefficient (Wildman–Crippen LogP) is 1.82. The van der Waals surface area contributed by atoms with Gasteiger partial charge in [-0.1, -0.05) is 12.1 Å². The number of carbonyl (C=O) groups excluding carboxylic acids is 1. The molecule has 0 aliphatic carbocycles. The first-order chi connectivity index (χ1) is 10.7. The quantitative estimate of drug-likeness (QED) is 0.860. The number of carbonyl (C=O) groups is 1. The van der Waals surface area contributed by atoms with Crippen LogP contribution in [0.2, 0.25) is 0 Å². The molecule has 0 radical (unpaired) electrons. The molecule has 1 amide bonds. The van der Waals surface area contributed by atoms with Crippen LogP contribution < -0.4 is 5.32 Å². The number of aromatic nitrogens is 2. The minimum absolute atomic E-state index is 0.0104. The van der Waals surface area contributed by atoms with E-state index in [4.69, 9.17) is 0 Å². The highest BCUT2D eigenvalue weighted by atomic mass is 32.2. The van der Waals surface area contributed by atoms with Crippen molar-refractivity contribution in [2.75, 3.05) is 6.26 Å². The molecular weight excluding hydrogens is 321 g/mol. The average Bonchev–Trinajstić information content (AvgIpc) is 2.45. The van der Waals surface area contributed by atoms with E-state index in [-0.39, 0.29) is 22.9 Å². The number of nitrogens with one attached hydrogen (secondary N) is 1. The zero-order valence-electron chi connectivity index (χ0n) is 12.9. The highest BCUT2D eigenvalue weighted by Crippen LogP contribution is 2.25. The van der Waals surface area contributed by atoms with Gasteiger partial charge in [-0.3, -0.25) is 4.79 Å². The molecule has 0 aliphatic heterocycles. The zero-order chi connectivity index (χ0) is 17.2. The molecule has 0 spiro atoms. The van der Waals surface area contributed by atoms with Crippen molar-refractivity contribution in [3.05, 3.63) is 41.8 Å². The van der Waals surface area contributed by atoms with Gasteiger partial charge in [0.2, 0.25) is 15.0 Å². The summed E-state index contributed by atoms with van der Waals surface area (Å²) in [5.41, 5.74) is -0.0124. The van der Waals surface area contributed by atoms with Crippen molar-refractivity contribution in [3.8, 4) is 11.3 Å². The second-order valence-corrected chi connectivity index (χ2v) is 7.20. The summed E-state index contributed by atoms with van der Waals surface area (Å²) in [6, 6.07) is 5.55. The first kappa shape index (κ1) is 17.0. The van der Waals surface area contributed by atoms with Crippen LogP contribution in [0.1, 0.15) is 24.2 Å². The van der Waals surface area contributed by atoms with Crippen LogP contribution in [0.15, 0.2) is 35.6 Å². The lowest BCUT2D eigenvalue weighted by Crippen LogP contribution is -2.31. The van der Waals surface area contributed by atoms with Gasteiger partial charge in [-0.25, -0.2) is 22.8 Å². The maximum atomic E-state index is 14.1. The molecule has 8 heteroatoms. The van der Waals surface area contributed by atoms with Gasteiger partial charge in [0.05, 0.1) is 11.3 Å². The Bertz CT molecular complexity index is 851. The van der Waals surface area contributed by atoms with Crippen LogP contribution in [-0.2, 0) is 9.84 Å². The second kappa shape index (κ2) is 6.41. The topological polar surface area (TPSA) is 89.0 Å². The van der Waals surface area contributed by atoms with Gasteiger partial charge in [0.15, 0.2) is 0 Å². The van der Waals surface area contributed by atoms with Gasteiger partial charge in [0, 0.05) is 24.1 Å². The lowest BCUT2D eigenvalue weighted by molar-refractivity contribution is 0.0943. The van der Waals surface area contributed by atoms with Gasteiger partial charge in [0.25, 0.3) is 5.91 Å². The van der Waals surface area contributed by atoms with E-state index < -0.39 is 26.7 Å². The molecule has 0 aliphatic rings. The smallest absolute Gasteiger partial charge is 0.255 e. The largest absolute Gasteiger partial charge is 0.350 e. The van der Waals surface area contributed by atoms with E-state index in [1.54, 1.807) is 19.9 Å². The highest BCUT2D eigenvalue weighted by molar-refractivity contribution is 7.90. The van der Waals surface area contributed by atoms with Gasteiger partial charge in [0.1, 0.15) is 5.82 Å². The van der Waals surface area contributed by atoms with E-state index >= 15 is 0 Å². The van der Waals surface area contributed by atoms with Gasteiger partial charge >= 0.3 is 0 Å². The molecule has 0 bridgehead atoms. The van der Waals surface area contributed by atoms with E-state index in [0.29, 0.717) is 0 Å². The number of halogens is 1. The summed E-state index contributed by atoms with van der Waals surface area (Å²) in [6.07, 6.45) is 2.05. The summed E-state index contributed by atoms with van der Waals surface area (Å²) < 4.78 is 37.3. The van der Waals surface area contributed by atoms with Crippen molar-refractivity contribution in [2.45, 2.75) is 25.0 Å². The van der Waals surface area contributed by atoms with Crippen LogP contribution in [0.3, 0.4) is 0 Å². The van der Waals surface area contributed by atoms with Crippen molar-refractivity contribution < 1.29 is 17.6 Å². The van der Waals surface area contributed by atoms with Crippen molar-refractivity contribution in [1.82, 2.24) is 15.3 Å². The lowest BCUT2D eigenvalue weighted by atomic mass is 10.1. The van der Waals surface area contributed by atoms with Crippen LogP contribution in [0, 0.1) is 5.82 Å². The summed E-state index contributed by atoms with van der Waals surface area (Å²) >= 11 is 0. The number of amides is 1. The predicted molar refractivity (Wildman–Crippen MR) is 83.1 cm³/mol. The van der Waals surface area contributed by atoms with E-state index in [1.165, 1.54) is 18.2 Å². The molecule has 0 unspecified atom stereocenters. The Morgan fingerprint density at radius 1 is 1.26 bits per heavy atom. The first-order valence-electron chi connectivity index (χ1n) is 6.83. The van der Waals surface area contributed by atoms with Gasteiger partial charge in [-0.2, -0.15) is 0 Å². The van der Waals surface area contributed by atoms with Crippen molar-refractivity contribution in [2.24, 2.45) is 0 Å². The van der Waals surface area contributed by atoms with E-state index in [9.17, 15) is 17.6 Å². The lowest BCUT2D eigenvalue weighted by Gasteiger charge is -2.12. The molecule has 0 atom stereocenters. The third kappa shape index (κ3) is 3.89. The molecule has 0 saturated heterocycles. The normalized spacial score (nSPS) is 11.5. The molecule has 1 aromatic carbocycles. The Balaban J connectivity index is 2.68. The Hall–Kier alpha value is -2.35. The Labute approximate surface area is 133 Å².